The second-order valence-corrected chi connectivity index (χ2v) is 7.34. The molecule has 9 heteroatoms. The summed E-state index contributed by atoms with van der Waals surface area (Å²) in [6.45, 7) is 0.193. The number of hydrogen-bond acceptors (Lipinski definition) is 6. The molecule has 0 saturated heterocycles. The Bertz CT molecular complexity index is 902. The Kier molecular flexibility index (Phi) is 6.65. The van der Waals surface area contributed by atoms with Crippen LogP contribution in [-0.2, 0) is 16.6 Å². The van der Waals surface area contributed by atoms with Crippen LogP contribution in [0.25, 0.3) is 0 Å². The Morgan fingerprint density at radius 2 is 1.63 bits per heavy atom. The predicted molar refractivity (Wildman–Crippen MR) is 100.0 cm³/mol. The van der Waals surface area contributed by atoms with Crippen molar-refractivity contribution in [3.63, 3.8) is 0 Å². The van der Waals surface area contributed by atoms with E-state index in [1.54, 1.807) is 18.2 Å². The van der Waals surface area contributed by atoms with Gasteiger partial charge in [-0.15, -0.1) is 0 Å². The van der Waals surface area contributed by atoms with Crippen molar-refractivity contribution in [2.24, 2.45) is 0 Å². The van der Waals surface area contributed by atoms with Gasteiger partial charge in [-0.3, -0.25) is 4.79 Å². The van der Waals surface area contributed by atoms with Crippen molar-refractivity contribution in [1.29, 1.82) is 0 Å². The van der Waals surface area contributed by atoms with Gasteiger partial charge >= 0.3 is 0 Å². The van der Waals surface area contributed by atoms with Crippen LogP contribution in [-0.4, -0.2) is 42.7 Å². The van der Waals surface area contributed by atoms with Crippen LogP contribution in [0.5, 0.6) is 17.2 Å². The van der Waals surface area contributed by atoms with Crippen molar-refractivity contribution >= 4 is 15.9 Å². The van der Waals surface area contributed by atoms with Crippen LogP contribution in [0.3, 0.4) is 0 Å². The zero-order chi connectivity index (χ0) is 20.0. The van der Waals surface area contributed by atoms with Crippen LogP contribution in [0, 0.1) is 0 Å². The highest BCUT2D eigenvalue weighted by Gasteiger charge is 2.16. The average molecular weight is 394 g/mol. The molecule has 2 aromatic carbocycles. The van der Waals surface area contributed by atoms with E-state index in [0.29, 0.717) is 17.2 Å². The van der Waals surface area contributed by atoms with E-state index in [0.717, 1.165) is 5.56 Å². The SMILES string of the molecule is CNS(=O)(=O)c1cccc(C(=O)NCc2cc(OC)c(OC)c(OC)c2)c1. The summed E-state index contributed by atoms with van der Waals surface area (Å²) in [7, 11) is 2.21. The number of carbonyl (C=O) groups excluding carboxylic acids is 1. The molecule has 1 amide bonds. The molecule has 0 saturated carbocycles. The first-order chi connectivity index (χ1) is 12.9. The van der Waals surface area contributed by atoms with Gasteiger partial charge in [-0.25, -0.2) is 13.1 Å². The molecule has 0 aliphatic carbocycles. The largest absolute Gasteiger partial charge is 0.493 e. The van der Waals surface area contributed by atoms with Crippen LogP contribution in [0.15, 0.2) is 41.3 Å². The maximum absolute atomic E-state index is 12.4. The molecule has 0 unspecified atom stereocenters. The molecule has 8 nitrogen and oxygen atoms in total. The van der Waals surface area contributed by atoms with Crippen molar-refractivity contribution in [2.45, 2.75) is 11.4 Å². The topological polar surface area (TPSA) is 103 Å². The summed E-state index contributed by atoms with van der Waals surface area (Å²) in [5.74, 6) is 1.00. The van der Waals surface area contributed by atoms with Crippen LogP contribution >= 0.6 is 0 Å². The van der Waals surface area contributed by atoms with Crippen molar-refractivity contribution in [2.75, 3.05) is 28.4 Å². The van der Waals surface area contributed by atoms with E-state index in [9.17, 15) is 13.2 Å². The van der Waals surface area contributed by atoms with Crippen molar-refractivity contribution in [3.8, 4) is 17.2 Å². The highest BCUT2D eigenvalue weighted by Crippen LogP contribution is 2.38. The van der Waals surface area contributed by atoms with Gasteiger partial charge in [-0.05, 0) is 42.9 Å². The summed E-state index contributed by atoms with van der Waals surface area (Å²) >= 11 is 0. The minimum Gasteiger partial charge on any atom is -0.493 e. The summed E-state index contributed by atoms with van der Waals surface area (Å²) in [5, 5.41) is 2.75. The first kappa shape index (κ1) is 20.5. The van der Waals surface area contributed by atoms with E-state index in [1.807, 2.05) is 0 Å². The number of rotatable bonds is 8. The lowest BCUT2D eigenvalue weighted by Gasteiger charge is -2.14. The second-order valence-electron chi connectivity index (χ2n) is 5.45. The van der Waals surface area contributed by atoms with Gasteiger partial charge in [-0.2, -0.15) is 0 Å². The molecule has 2 rings (SSSR count). The number of carbonyl (C=O) groups is 1. The Morgan fingerprint density at radius 3 is 2.15 bits per heavy atom. The van der Waals surface area contributed by atoms with Crippen LogP contribution in [0.1, 0.15) is 15.9 Å². The number of sulfonamides is 1. The third-order valence-electron chi connectivity index (χ3n) is 3.85. The summed E-state index contributed by atoms with van der Waals surface area (Å²) in [6, 6.07) is 9.24. The van der Waals surface area contributed by atoms with Gasteiger partial charge in [0.2, 0.25) is 15.8 Å². The minimum absolute atomic E-state index is 0.0189. The predicted octanol–water partition coefficient (Wildman–Crippen LogP) is 1.55. The monoisotopic (exact) mass is 394 g/mol. The fourth-order valence-electron chi connectivity index (χ4n) is 2.44. The third kappa shape index (κ3) is 4.69. The summed E-state index contributed by atoms with van der Waals surface area (Å²) in [6.07, 6.45) is 0. The van der Waals surface area contributed by atoms with E-state index in [-0.39, 0.29) is 17.0 Å². The van der Waals surface area contributed by atoms with Gasteiger partial charge in [0.15, 0.2) is 11.5 Å². The molecule has 0 atom stereocenters. The van der Waals surface area contributed by atoms with Crippen molar-refractivity contribution < 1.29 is 27.4 Å². The first-order valence-electron chi connectivity index (χ1n) is 7.97. The summed E-state index contributed by atoms with van der Waals surface area (Å²) in [5.41, 5.74) is 0.968. The Morgan fingerprint density at radius 1 is 1.00 bits per heavy atom. The fraction of sp³-hybridized carbons (Fsp3) is 0.278. The van der Waals surface area contributed by atoms with E-state index in [2.05, 4.69) is 10.0 Å². The van der Waals surface area contributed by atoms with Gasteiger partial charge in [0.25, 0.3) is 5.91 Å². The maximum Gasteiger partial charge on any atom is 0.251 e. The molecule has 146 valence electrons. The Balaban J connectivity index is 2.20. The van der Waals surface area contributed by atoms with Gasteiger partial charge in [-0.1, -0.05) is 6.07 Å². The van der Waals surface area contributed by atoms with Gasteiger partial charge in [0.05, 0.1) is 26.2 Å². The third-order valence-corrected chi connectivity index (χ3v) is 5.26. The van der Waals surface area contributed by atoms with E-state index < -0.39 is 15.9 Å². The molecule has 2 N–H and O–H groups in total. The summed E-state index contributed by atoms with van der Waals surface area (Å²) in [4.78, 5) is 12.4. The second kappa shape index (κ2) is 8.74. The lowest BCUT2D eigenvalue weighted by molar-refractivity contribution is 0.0950. The Hall–Kier alpha value is -2.78. The van der Waals surface area contributed by atoms with E-state index in [4.69, 9.17) is 14.2 Å². The van der Waals surface area contributed by atoms with Gasteiger partial charge < -0.3 is 19.5 Å². The lowest BCUT2D eigenvalue weighted by atomic mass is 10.1. The van der Waals surface area contributed by atoms with Crippen LogP contribution in [0.4, 0.5) is 0 Å². The molecule has 0 bridgehead atoms. The number of benzene rings is 2. The van der Waals surface area contributed by atoms with E-state index in [1.165, 1.54) is 46.6 Å². The molecule has 0 spiro atoms. The van der Waals surface area contributed by atoms with Gasteiger partial charge in [0, 0.05) is 12.1 Å². The highest BCUT2D eigenvalue weighted by molar-refractivity contribution is 7.89. The molecular weight excluding hydrogens is 372 g/mol. The molecule has 27 heavy (non-hydrogen) atoms. The molecule has 0 fully saturated rings. The normalized spacial score (nSPS) is 11.0. The fourth-order valence-corrected chi connectivity index (χ4v) is 3.22. The number of methoxy groups -OCH3 is 3. The minimum atomic E-state index is -3.62. The number of amides is 1. The number of nitrogens with one attached hydrogen (secondary N) is 2. The molecular formula is C18H22N2O6S. The standard InChI is InChI=1S/C18H22N2O6S/c1-19-27(22,23)14-7-5-6-13(10-14)18(21)20-11-12-8-15(24-2)17(26-4)16(9-12)25-3/h5-10,19H,11H2,1-4H3,(H,20,21). The van der Waals surface area contributed by atoms with Crippen LogP contribution in [0.2, 0.25) is 0 Å². The Labute approximate surface area is 158 Å². The zero-order valence-corrected chi connectivity index (χ0v) is 16.3. The van der Waals surface area contributed by atoms with Crippen LogP contribution < -0.4 is 24.2 Å². The van der Waals surface area contributed by atoms with Crippen molar-refractivity contribution in [3.05, 3.63) is 47.5 Å². The quantitative estimate of drug-likeness (QED) is 0.704. The van der Waals surface area contributed by atoms with E-state index >= 15 is 0 Å². The molecule has 2 aromatic rings. The number of ether oxygens (including phenoxy) is 3. The highest BCUT2D eigenvalue weighted by atomic mass is 32.2. The molecule has 0 radical (unpaired) electrons. The summed E-state index contributed by atoms with van der Waals surface area (Å²) < 4.78 is 41.8. The molecule has 0 aliphatic heterocycles. The van der Waals surface area contributed by atoms with Crippen molar-refractivity contribution in [1.82, 2.24) is 10.0 Å². The molecule has 0 heterocycles. The smallest absolute Gasteiger partial charge is 0.251 e. The van der Waals surface area contributed by atoms with Gasteiger partial charge in [0.1, 0.15) is 0 Å². The zero-order valence-electron chi connectivity index (χ0n) is 15.5. The molecule has 0 aliphatic rings. The maximum atomic E-state index is 12.4. The number of hydrogen-bond donors (Lipinski definition) is 2. The average Bonchev–Trinajstić information content (AvgIpc) is 2.70. The first-order valence-corrected chi connectivity index (χ1v) is 9.45. The molecule has 0 aromatic heterocycles. The lowest BCUT2D eigenvalue weighted by Crippen LogP contribution is -2.24.